The Bertz CT molecular complexity index is 786. The van der Waals surface area contributed by atoms with Gasteiger partial charge in [-0.25, -0.2) is 4.79 Å². The van der Waals surface area contributed by atoms with Gasteiger partial charge in [-0.3, -0.25) is 5.32 Å². The van der Waals surface area contributed by atoms with Crippen LogP contribution in [0.2, 0.25) is 0 Å². The van der Waals surface area contributed by atoms with E-state index in [2.05, 4.69) is 5.32 Å². The van der Waals surface area contributed by atoms with Crippen molar-refractivity contribution in [2.24, 2.45) is 0 Å². The molecule has 10 heteroatoms. The number of benzene rings is 1. The van der Waals surface area contributed by atoms with Gasteiger partial charge in [-0.1, -0.05) is 12.1 Å². The summed E-state index contributed by atoms with van der Waals surface area (Å²) in [5.41, 5.74) is 0.583. The average molecular weight is 465 g/mol. The van der Waals surface area contributed by atoms with E-state index in [1.807, 2.05) is 53.7 Å². The van der Waals surface area contributed by atoms with Gasteiger partial charge in [0.1, 0.15) is 18.3 Å². The fourth-order valence-corrected chi connectivity index (χ4v) is 3.98. The maximum Gasteiger partial charge on any atom is 0.494 e. The van der Waals surface area contributed by atoms with Crippen LogP contribution in [-0.2, 0) is 33.0 Å². The molecular formula is C23H36BNO8. The van der Waals surface area contributed by atoms with E-state index in [0.717, 1.165) is 5.46 Å². The van der Waals surface area contributed by atoms with Gasteiger partial charge in [-0.2, -0.15) is 0 Å². The number of rotatable bonds is 7. The molecule has 1 aromatic rings. The fourth-order valence-electron chi connectivity index (χ4n) is 3.98. The number of nitrogens with one attached hydrogen (secondary N) is 1. The lowest BCUT2D eigenvalue weighted by Gasteiger charge is -2.43. The first kappa shape index (κ1) is 25.9. The largest absolute Gasteiger partial charge is 0.494 e. The molecule has 0 bridgehead atoms. The Morgan fingerprint density at radius 3 is 2.09 bits per heavy atom. The standard InChI is InChI=1S/C23H36BNO8/c1-9-29-18-17(27-7)14(2)30-20(19(18)28-8)31-21(26)25-16-12-10-15(11-13-16)24-32-22(3,4)23(5,6)33-24/h10-14,17-20H,9H2,1-8H3,(H,25,26)/t14-,17-,18+,19+,20-/m1/s1. The second-order valence-electron chi connectivity index (χ2n) is 9.27. The lowest BCUT2D eigenvalue weighted by molar-refractivity contribution is -0.292. The quantitative estimate of drug-likeness (QED) is 0.615. The molecule has 184 valence electrons. The second kappa shape index (κ2) is 10.3. The zero-order chi connectivity index (χ0) is 24.4. The molecule has 2 heterocycles. The molecule has 1 aromatic carbocycles. The third kappa shape index (κ3) is 5.53. The number of carbonyl (C=O) groups excluding carboxylic acids is 1. The predicted molar refractivity (Wildman–Crippen MR) is 124 cm³/mol. The van der Waals surface area contributed by atoms with Crippen LogP contribution in [0, 0.1) is 0 Å². The van der Waals surface area contributed by atoms with Crippen LogP contribution >= 0.6 is 0 Å². The van der Waals surface area contributed by atoms with E-state index in [4.69, 9.17) is 33.0 Å². The molecule has 2 aliphatic rings. The van der Waals surface area contributed by atoms with Gasteiger partial charge in [0.15, 0.2) is 0 Å². The van der Waals surface area contributed by atoms with Crippen molar-refractivity contribution in [3.8, 4) is 0 Å². The van der Waals surface area contributed by atoms with Crippen LogP contribution in [0.1, 0.15) is 41.5 Å². The van der Waals surface area contributed by atoms with E-state index >= 15 is 0 Å². The van der Waals surface area contributed by atoms with E-state index in [9.17, 15) is 4.79 Å². The Hall–Kier alpha value is -1.69. The van der Waals surface area contributed by atoms with E-state index in [1.165, 1.54) is 7.11 Å². The van der Waals surface area contributed by atoms with Gasteiger partial charge in [0.25, 0.3) is 0 Å². The van der Waals surface area contributed by atoms with Gasteiger partial charge in [0, 0.05) is 26.5 Å². The second-order valence-corrected chi connectivity index (χ2v) is 9.27. The summed E-state index contributed by atoms with van der Waals surface area (Å²) in [6, 6.07) is 7.24. The van der Waals surface area contributed by atoms with Crippen molar-refractivity contribution >= 4 is 24.4 Å². The molecule has 0 spiro atoms. The van der Waals surface area contributed by atoms with Crippen molar-refractivity contribution in [3.05, 3.63) is 24.3 Å². The van der Waals surface area contributed by atoms with Crippen molar-refractivity contribution in [1.82, 2.24) is 0 Å². The lowest BCUT2D eigenvalue weighted by atomic mass is 9.79. The zero-order valence-corrected chi connectivity index (χ0v) is 20.7. The molecule has 0 unspecified atom stereocenters. The van der Waals surface area contributed by atoms with Gasteiger partial charge in [0.2, 0.25) is 6.29 Å². The van der Waals surface area contributed by atoms with Gasteiger partial charge >= 0.3 is 13.2 Å². The molecule has 1 amide bonds. The molecule has 5 atom stereocenters. The van der Waals surface area contributed by atoms with Crippen LogP contribution in [0.5, 0.6) is 0 Å². The van der Waals surface area contributed by atoms with Crippen molar-refractivity contribution in [2.75, 3.05) is 26.1 Å². The van der Waals surface area contributed by atoms with Crippen molar-refractivity contribution in [2.45, 2.75) is 83.5 Å². The van der Waals surface area contributed by atoms with Crippen LogP contribution in [0.25, 0.3) is 0 Å². The normalized spacial score (nSPS) is 30.8. The Morgan fingerprint density at radius 1 is 1.00 bits per heavy atom. The first-order valence-corrected chi connectivity index (χ1v) is 11.3. The molecule has 0 aromatic heterocycles. The summed E-state index contributed by atoms with van der Waals surface area (Å²) in [5, 5.41) is 2.72. The first-order chi connectivity index (χ1) is 15.5. The third-order valence-corrected chi connectivity index (χ3v) is 6.54. The molecule has 3 rings (SSSR count). The molecule has 0 radical (unpaired) electrons. The Kier molecular flexibility index (Phi) is 8.09. The minimum atomic E-state index is -0.947. The predicted octanol–water partition coefficient (Wildman–Crippen LogP) is 2.71. The van der Waals surface area contributed by atoms with Crippen LogP contribution in [0.15, 0.2) is 24.3 Å². The number of amides is 1. The maximum atomic E-state index is 12.6. The highest BCUT2D eigenvalue weighted by molar-refractivity contribution is 6.62. The summed E-state index contributed by atoms with van der Waals surface area (Å²) in [5.74, 6) is 0. The monoisotopic (exact) mass is 465 g/mol. The fraction of sp³-hybridized carbons (Fsp3) is 0.696. The summed E-state index contributed by atoms with van der Waals surface area (Å²) >= 11 is 0. The Balaban J connectivity index is 1.62. The first-order valence-electron chi connectivity index (χ1n) is 11.3. The number of carbonyl (C=O) groups is 1. The van der Waals surface area contributed by atoms with Crippen LogP contribution < -0.4 is 10.8 Å². The molecule has 0 aliphatic carbocycles. The number of anilines is 1. The number of ether oxygens (including phenoxy) is 5. The van der Waals surface area contributed by atoms with E-state index in [0.29, 0.717) is 12.3 Å². The van der Waals surface area contributed by atoms with Crippen LogP contribution in [-0.4, -0.2) is 75.9 Å². The Morgan fingerprint density at radius 2 is 1.58 bits per heavy atom. The number of hydrogen-bond acceptors (Lipinski definition) is 8. The van der Waals surface area contributed by atoms with E-state index in [1.54, 1.807) is 19.2 Å². The molecule has 0 saturated carbocycles. The minimum Gasteiger partial charge on any atom is -0.416 e. The average Bonchev–Trinajstić information content (AvgIpc) is 2.96. The topological polar surface area (TPSA) is 93.7 Å². The highest BCUT2D eigenvalue weighted by Crippen LogP contribution is 2.36. The lowest BCUT2D eigenvalue weighted by Crippen LogP contribution is -2.60. The van der Waals surface area contributed by atoms with E-state index < -0.39 is 42.9 Å². The van der Waals surface area contributed by atoms with Crippen molar-refractivity contribution in [3.63, 3.8) is 0 Å². The highest BCUT2D eigenvalue weighted by Gasteiger charge is 2.51. The molecule has 9 nitrogen and oxygen atoms in total. The zero-order valence-electron chi connectivity index (χ0n) is 20.7. The highest BCUT2D eigenvalue weighted by atomic mass is 16.7. The molecule has 1 N–H and O–H groups in total. The number of methoxy groups -OCH3 is 2. The van der Waals surface area contributed by atoms with Crippen molar-refractivity contribution < 1.29 is 37.8 Å². The summed E-state index contributed by atoms with van der Waals surface area (Å²) in [4.78, 5) is 12.6. The molecule has 2 aliphatic heterocycles. The maximum absolute atomic E-state index is 12.6. The van der Waals surface area contributed by atoms with Gasteiger partial charge in [-0.05, 0) is 59.1 Å². The minimum absolute atomic E-state index is 0.347. The molecule has 33 heavy (non-hydrogen) atoms. The van der Waals surface area contributed by atoms with Crippen LogP contribution in [0.3, 0.4) is 0 Å². The summed E-state index contributed by atoms with van der Waals surface area (Å²) < 4.78 is 40.4. The van der Waals surface area contributed by atoms with Gasteiger partial charge < -0.3 is 33.0 Å². The molecular weight excluding hydrogens is 429 g/mol. The van der Waals surface area contributed by atoms with E-state index in [-0.39, 0.29) is 12.2 Å². The van der Waals surface area contributed by atoms with Crippen molar-refractivity contribution in [1.29, 1.82) is 0 Å². The van der Waals surface area contributed by atoms with Gasteiger partial charge in [-0.15, -0.1) is 0 Å². The van der Waals surface area contributed by atoms with Gasteiger partial charge in [0.05, 0.1) is 17.3 Å². The molecule has 2 fully saturated rings. The third-order valence-electron chi connectivity index (χ3n) is 6.54. The summed E-state index contributed by atoms with van der Waals surface area (Å²) in [6.45, 7) is 12.2. The number of hydrogen-bond donors (Lipinski definition) is 1. The Labute approximate surface area is 196 Å². The summed E-state index contributed by atoms with van der Waals surface area (Å²) in [6.07, 6.45) is -3.38. The SMILES string of the molecule is CCO[C@@H]1[C@H](OC)[C@@H](OC(=O)Nc2ccc(B3OC(C)(C)C(C)(C)O3)cc2)O[C@H](C)[C@H]1OC. The molecule has 2 saturated heterocycles. The van der Waals surface area contributed by atoms with Crippen LogP contribution in [0.4, 0.5) is 10.5 Å². The smallest absolute Gasteiger partial charge is 0.416 e. The summed E-state index contributed by atoms with van der Waals surface area (Å²) in [7, 11) is 2.63.